The standard InChI is InChI=1S/C19H30N2O3/c1-12-16-14(22)10-19(2,3)11-15(16)24-17(12)18(23)21(5)13-6-8-20(4)9-7-13/h13-14,22H,6-11H2,1-5H3/p+1/t14-/m1/s1. The Morgan fingerprint density at radius 3 is 2.58 bits per heavy atom. The van der Waals surface area contributed by atoms with Crippen molar-refractivity contribution in [2.24, 2.45) is 5.41 Å². The van der Waals surface area contributed by atoms with Gasteiger partial charge in [-0.1, -0.05) is 13.8 Å². The zero-order valence-corrected chi connectivity index (χ0v) is 15.6. The Bertz CT molecular complexity index is 627. The van der Waals surface area contributed by atoms with Crippen molar-refractivity contribution >= 4 is 5.91 Å². The Morgan fingerprint density at radius 1 is 1.33 bits per heavy atom. The van der Waals surface area contributed by atoms with Crippen molar-refractivity contribution in [2.45, 2.75) is 58.6 Å². The van der Waals surface area contributed by atoms with Crippen LogP contribution in [0.2, 0.25) is 0 Å². The van der Waals surface area contributed by atoms with Crippen LogP contribution in [0.3, 0.4) is 0 Å². The van der Waals surface area contributed by atoms with Crippen LogP contribution >= 0.6 is 0 Å². The number of piperidine rings is 1. The number of aliphatic hydroxyl groups is 1. The molecule has 2 aliphatic rings. The molecule has 0 unspecified atom stereocenters. The van der Waals surface area contributed by atoms with Gasteiger partial charge < -0.3 is 19.3 Å². The van der Waals surface area contributed by atoms with E-state index in [1.54, 1.807) is 0 Å². The third-order valence-corrected chi connectivity index (χ3v) is 5.86. The van der Waals surface area contributed by atoms with E-state index in [-0.39, 0.29) is 17.4 Å². The number of aliphatic hydroxyl groups excluding tert-OH is 1. The summed E-state index contributed by atoms with van der Waals surface area (Å²) in [4.78, 5) is 16.4. The molecule has 0 spiro atoms. The molecule has 134 valence electrons. The van der Waals surface area contributed by atoms with Gasteiger partial charge in [-0.05, 0) is 18.8 Å². The number of carbonyl (C=O) groups excluding carboxylic acids is 1. The van der Waals surface area contributed by atoms with Gasteiger partial charge in [0.2, 0.25) is 0 Å². The van der Waals surface area contributed by atoms with Crippen molar-refractivity contribution in [3.8, 4) is 0 Å². The van der Waals surface area contributed by atoms with Gasteiger partial charge in [0.15, 0.2) is 5.76 Å². The molecule has 1 aromatic heterocycles. The van der Waals surface area contributed by atoms with Crippen molar-refractivity contribution in [2.75, 3.05) is 27.2 Å². The lowest BCUT2D eigenvalue weighted by Crippen LogP contribution is -3.10. The summed E-state index contributed by atoms with van der Waals surface area (Å²) in [6.45, 7) is 8.37. The number of hydrogen-bond donors (Lipinski definition) is 2. The maximum Gasteiger partial charge on any atom is 0.289 e. The number of nitrogens with zero attached hydrogens (tertiary/aromatic N) is 1. The molecular formula is C19H31N2O3+. The molecule has 1 atom stereocenters. The van der Waals surface area contributed by atoms with Crippen LogP contribution in [0.1, 0.15) is 66.7 Å². The van der Waals surface area contributed by atoms with Gasteiger partial charge in [-0.2, -0.15) is 0 Å². The van der Waals surface area contributed by atoms with Gasteiger partial charge in [-0.25, -0.2) is 0 Å². The number of nitrogens with one attached hydrogen (secondary N) is 1. The first-order valence-electron chi connectivity index (χ1n) is 9.08. The molecule has 1 fully saturated rings. The van der Waals surface area contributed by atoms with E-state index in [1.807, 2.05) is 18.9 Å². The molecule has 2 heterocycles. The largest absolute Gasteiger partial charge is 0.455 e. The molecule has 1 aliphatic heterocycles. The molecule has 24 heavy (non-hydrogen) atoms. The van der Waals surface area contributed by atoms with Crippen LogP contribution in [0, 0.1) is 12.3 Å². The fraction of sp³-hybridized carbons (Fsp3) is 0.737. The Hall–Kier alpha value is -1.33. The van der Waals surface area contributed by atoms with Crippen molar-refractivity contribution in [3.63, 3.8) is 0 Å². The highest BCUT2D eigenvalue weighted by atomic mass is 16.4. The normalized spacial score (nSPS) is 29.2. The molecule has 1 amide bonds. The third-order valence-electron chi connectivity index (χ3n) is 5.86. The molecule has 3 rings (SSSR count). The molecule has 0 saturated carbocycles. The number of rotatable bonds is 2. The quantitative estimate of drug-likeness (QED) is 0.858. The summed E-state index contributed by atoms with van der Waals surface area (Å²) in [6.07, 6.45) is 3.01. The van der Waals surface area contributed by atoms with E-state index >= 15 is 0 Å². The van der Waals surface area contributed by atoms with Gasteiger partial charge >= 0.3 is 0 Å². The molecule has 0 radical (unpaired) electrons. The van der Waals surface area contributed by atoms with Gasteiger partial charge in [0.05, 0.1) is 26.2 Å². The molecule has 0 aromatic carbocycles. The van der Waals surface area contributed by atoms with Gasteiger partial charge in [-0.3, -0.25) is 4.79 Å². The zero-order valence-electron chi connectivity index (χ0n) is 15.6. The highest BCUT2D eigenvalue weighted by Gasteiger charge is 2.38. The summed E-state index contributed by atoms with van der Waals surface area (Å²) in [6, 6.07) is 0.282. The lowest BCUT2D eigenvalue weighted by Gasteiger charge is -2.32. The Balaban J connectivity index is 1.84. The minimum Gasteiger partial charge on any atom is -0.455 e. The summed E-state index contributed by atoms with van der Waals surface area (Å²) in [5.41, 5.74) is 1.67. The predicted octanol–water partition coefficient (Wildman–Crippen LogP) is 1.34. The number of quaternary nitrogens is 1. The molecule has 0 bridgehead atoms. The second-order valence-electron chi connectivity index (χ2n) is 8.56. The molecule has 5 nitrogen and oxygen atoms in total. The average molecular weight is 335 g/mol. The van der Waals surface area contributed by atoms with Gasteiger partial charge in [0, 0.05) is 43.5 Å². The first-order chi connectivity index (χ1) is 11.2. The SMILES string of the molecule is Cc1c(C(=O)N(C)C2CC[NH+](C)CC2)oc2c1[C@H](O)CC(C)(C)C2. The van der Waals surface area contributed by atoms with E-state index in [1.165, 1.54) is 4.90 Å². The van der Waals surface area contributed by atoms with E-state index < -0.39 is 6.10 Å². The van der Waals surface area contributed by atoms with E-state index in [2.05, 4.69) is 20.9 Å². The Kier molecular flexibility index (Phi) is 4.51. The van der Waals surface area contributed by atoms with Crippen molar-refractivity contribution in [1.29, 1.82) is 0 Å². The smallest absolute Gasteiger partial charge is 0.289 e. The highest BCUT2D eigenvalue weighted by molar-refractivity contribution is 5.93. The van der Waals surface area contributed by atoms with Crippen molar-refractivity contribution in [3.05, 3.63) is 22.6 Å². The van der Waals surface area contributed by atoms with Crippen LogP contribution in [0.15, 0.2) is 4.42 Å². The number of carbonyl (C=O) groups is 1. The number of hydrogen-bond acceptors (Lipinski definition) is 3. The average Bonchev–Trinajstić information content (AvgIpc) is 2.82. The van der Waals surface area contributed by atoms with Crippen LogP contribution in [0.5, 0.6) is 0 Å². The van der Waals surface area contributed by atoms with Gasteiger partial charge in [0.1, 0.15) is 5.76 Å². The maximum atomic E-state index is 13.0. The van der Waals surface area contributed by atoms with E-state index in [4.69, 9.17) is 4.42 Å². The number of amides is 1. The van der Waals surface area contributed by atoms with Crippen LogP contribution in [-0.2, 0) is 6.42 Å². The van der Waals surface area contributed by atoms with Gasteiger partial charge in [0.25, 0.3) is 5.91 Å². The lowest BCUT2D eigenvalue weighted by atomic mass is 9.75. The summed E-state index contributed by atoms with van der Waals surface area (Å²) < 4.78 is 5.98. The van der Waals surface area contributed by atoms with Crippen molar-refractivity contribution in [1.82, 2.24) is 4.90 Å². The van der Waals surface area contributed by atoms with Crippen LogP contribution < -0.4 is 4.90 Å². The number of likely N-dealkylation sites (tertiary alicyclic amines) is 1. The molecule has 1 saturated heterocycles. The second kappa shape index (κ2) is 6.19. The third kappa shape index (κ3) is 3.11. The maximum absolute atomic E-state index is 13.0. The number of fused-ring (bicyclic) bond motifs is 1. The van der Waals surface area contributed by atoms with Crippen LogP contribution in [-0.4, -0.2) is 49.1 Å². The van der Waals surface area contributed by atoms with E-state index in [0.29, 0.717) is 12.2 Å². The first-order valence-corrected chi connectivity index (χ1v) is 9.08. The number of furan rings is 1. The fourth-order valence-electron chi connectivity index (χ4n) is 4.30. The molecule has 5 heteroatoms. The molecule has 1 aliphatic carbocycles. The van der Waals surface area contributed by atoms with Crippen molar-refractivity contribution < 1.29 is 19.2 Å². The minimum absolute atomic E-state index is 0.000337. The summed E-state index contributed by atoms with van der Waals surface area (Å²) in [5.74, 6) is 1.17. The topological polar surface area (TPSA) is 58.1 Å². The minimum atomic E-state index is -0.536. The molecule has 2 N–H and O–H groups in total. The first kappa shape index (κ1) is 17.5. The monoisotopic (exact) mass is 335 g/mol. The summed E-state index contributed by atoms with van der Waals surface area (Å²) >= 11 is 0. The predicted molar refractivity (Wildman–Crippen MR) is 92.2 cm³/mol. The Morgan fingerprint density at radius 2 is 1.96 bits per heavy atom. The zero-order chi connectivity index (χ0) is 17.6. The summed E-state index contributed by atoms with van der Waals surface area (Å²) in [5, 5.41) is 10.5. The highest BCUT2D eigenvalue weighted by Crippen LogP contribution is 2.44. The molecular weight excluding hydrogens is 304 g/mol. The van der Waals surface area contributed by atoms with Gasteiger partial charge in [-0.15, -0.1) is 0 Å². The van der Waals surface area contributed by atoms with E-state index in [9.17, 15) is 9.90 Å². The lowest BCUT2D eigenvalue weighted by molar-refractivity contribution is -0.885. The molecule has 1 aromatic rings. The Labute approximate surface area is 144 Å². The summed E-state index contributed by atoms with van der Waals surface area (Å²) in [7, 11) is 4.08. The second-order valence-corrected chi connectivity index (χ2v) is 8.56. The van der Waals surface area contributed by atoms with Crippen LogP contribution in [0.25, 0.3) is 0 Å². The van der Waals surface area contributed by atoms with Crippen LogP contribution in [0.4, 0.5) is 0 Å². The van der Waals surface area contributed by atoms with E-state index in [0.717, 1.165) is 49.2 Å². The fourth-order valence-corrected chi connectivity index (χ4v) is 4.30.